The van der Waals surface area contributed by atoms with Crippen molar-refractivity contribution in [1.82, 2.24) is 0 Å². The summed E-state index contributed by atoms with van der Waals surface area (Å²) in [6.07, 6.45) is -5.86. The first-order chi connectivity index (χ1) is 14.7. The zero-order chi connectivity index (χ0) is 22.4. The van der Waals surface area contributed by atoms with Crippen molar-refractivity contribution < 1.29 is 49.6 Å². The van der Waals surface area contributed by atoms with E-state index >= 15 is 0 Å². The first-order valence-electron chi connectivity index (χ1n) is 9.05. The fraction of sp³-hybridized carbons (Fsp3) is 0.250. The summed E-state index contributed by atoms with van der Waals surface area (Å²) in [5, 5.41) is 68.3. The maximum atomic E-state index is 13.1. The Morgan fingerprint density at radius 2 is 1.68 bits per heavy atom. The largest absolute Gasteiger partial charge is 0.508 e. The van der Waals surface area contributed by atoms with Crippen LogP contribution < -0.4 is 10.2 Å². The molecule has 3 aromatic rings. The van der Waals surface area contributed by atoms with Crippen LogP contribution >= 0.6 is 0 Å². The fourth-order valence-corrected chi connectivity index (χ4v) is 3.31. The first-order valence-corrected chi connectivity index (χ1v) is 9.05. The van der Waals surface area contributed by atoms with E-state index in [0.29, 0.717) is 0 Å². The number of hydrogen-bond acceptors (Lipinski definition) is 11. The second-order valence-corrected chi connectivity index (χ2v) is 6.96. The number of aromatic hydroxyl groups is 4. The van der Waals surface area contributed by atoms with Gasteiger partial charge in [0.05, 0.1) is 6.61 Å². The van der Waals surface area contributed by atoms with Gasteiger partial charge >= 0.3 is 0 Å². The van der Waals surface area contributed by atoms with Crippen LogP contribution in [0.25, 0.3) is 22.3 Å². The average molecular weight is 434 g/mol. The molecule has 0 saturated carbocycles. The van der Waals surface area contributed by atoms with Gasteiger partial charge in [-0.3, -0.25) is 4.79 Å². The van der Waals surface area contributed by atoms with Gasteiger partial charge in [0.2, 0.25) is 17.5 Å². The highest BCUT2D eigenvalue weighted by atomic mass is 16.7. The van der Waals surface area contributed by atoms with Gasteiger partial charge in [0.25, 0.3) is 0 Å². The minimum absolute atomic E-state index is 0.0684. The van der Waals surface area contributed by atoms with Gasteiger partial charge in [-0.15, -0.1) is 0 Å². The number of aliphatic hydroxyl groups is 3. The molecule has 1 fully saturated rings. The van der Waals surface area contributed by atoms with Crippen LogP contribution in [0.4, 0.5) is 0 Å². The van der Waals surface area contributed by atoms with Gasteiger partial charge in [0.1, 0.15) is 40.8 Å². The number of hydrogen-bond donors (Lipinski definition) is 7. The SMILES string of the molecule is O=c1c(O[C@@H]2O[C@@H](CO)[C@@H](O)[C@H]2O)c(-c2ccc(O)c(O)c2)oc2cc(O)cc(O)c12. The number of aliphatic hydroxyl groups excluding tert-OH is 3. The van der Waals surface area contributed by atoms with E-state index in [1.807, 2.05) is 0 Å². The second kappa shape index (κ2) is 7.63. The summed E-state index contributed by atoms with van der Waals surface area (Å²) in [7, 11) is 0. The fourth-order valence-electron chi connectivity index (χ4n) is 3.31. The average Bonchev–Trinajstić information content (AvgIpc) is 2.99. The standard InChI is InChI=1S/C20H18O11/c21-6-13-15(26)17(28)20(30-13)31-19-16(27)14-11(25)4-8(22)5-12(14)29-18(19)7-1-2-9(23)10(24)3-7/h1-5,13,15,17,20-26,28H,6H2/t13-,15+,17+,20-/m0/s1. The molecule has 4 atom stereocenters. The van der Waals surface area contributed by atoms with Crippen molar-refractivity contribution >= 4 is 11.0 Å². The molecule has 2 heterocycles. The number of rotatable bonds is 4. The van der Waals surface area contributed by atoms with Crippen LogP contribution in [0.5, 0.6) is 28.7 Å². The molecule has 1 aliphatic heterocycles. The molecule has 164 valence electrons. The van der Waals surface area contributed by atoms with Gasteiger partial charge < -0.3 is 49.6 Å². The summed E-state index contributed by atoms with van der Waals surface area (Å²) in [6, 6.07) is 5.50. The van der Waals surface area contributed by atoms with Crippen molar-refractivity contribution in [2.75, 3.05) is 6.61 Å². The molecule has 0 bridgehead atoms. The predicted molar refractivity (Wildman–Crippen MR) is 103 cm³/mol. The van der Waals surface area contributed by atoms with Crippen molar-refractivity contribution in [3.8, 4) is 40.1 Å². The Labute approximate surface area is 173 Å². The lowest BCUT2D eigenvalue weighted by molar-refractivity contribution is -0.117. The normalized spacial score (nSPS) is 23.3. The molecule has 1 aromatic heterocycles. The van der Waals surface area contributed by atoms with Gasteiger partial charge in [-0.1, -0.05) is 0 Å². The van der Waals surface area contributed by atoms with Crippen molar-refractivity contribution in [2.45, 2.75) is 24.6 Å². The molecule has 11 heteroatoms. The molecular formula is C20H18O11. The quantitative estimate of drug-likeness (QED) is 0.276. The Kier molecular flexibility index (Phi) is 5.11. The van der Waals surface area contributed by atoms with E-state index in [4.69, 9.17) is 13.9 Å². The summed E-state index contributed by atoms with van der Waals surface area (Å²) in [5.41, 5.74) is -1.04. The molecule has 11 nitrogen and oxygen atoms in total. The van der Waals surface area contributed by atoms with E-state index < -0.39 is 59.6 Å². The van der Waals surface area contributed by atoms with Gasteiger partial charge in [0, 0.05) is 17.7 Å². The van der Waals surface area contributed by atoms with Crippen LogP contribution in [0.2, 0.25) is 0 Å². The van der Waals surface area contributed by atoms with Crippen LogP contribution in [-0.2, 0) is 4.74 Å². The smallest absolute Gasteiger partial charge is 0.239 e. The molecule has 0 unspecified atom stereocenters. The highest BCUT2D eigenvalue weighted by Crippen LogP contribution is 2.39. The number of benzene rings is 2. The Hall–Kier alpha value is -3.51. The lowest BCUT2D eigenvalue weighted by Gasteiger charge is -2.19. The van der Waals surface area contributed by atoms with Crippen molar-refractivity contribution in [3.63, 3.8) is 0 Å². The summed E-state index contributed by atoms with van der Waals surface area (Å²) < 4.78 is 16.4. The zero-order valence-corrected chi connectivity index (χ0v) is 15.7. The predicted octanol–water partition coefficient (Wildman–Crippen LogP) is 0.100. The van der Waals surface area contributed by atoms with E-state index in [2.05, 4.69) is 0 Å². The molecular weight excluding hydrogens is 416 g/mol. The highest BCUT2D eigenvalue weighted by Gasteiger charge is 2.44. The van der Waals surface area contributed by atoms with E-state index in [-0.39, 0.29) is 28.0 Å². The van der Waals surface area contributed by atoms with E-state index in [9.17, 15) is 40.5 Å². The Morgan fingerprint density at radius 3 is 2.32 bits per heavy atom. The minimum atomic E-state index is -1.62. The molecule has 0 spiro atoms. The molecule has 4 rings (SSSR count). The molecule has 0 radical (unpaired) electrons. The van der Waals surface area contributed by atoms with Crippen LogP contribution in [-0.4, -0.2) is 67.0 Å². The molecule has 2 aromatic carbocycles. The molecule has 1 saturated heterocycles. The van der Waals surface area contributed by atoms with E-state index in [0.717, 1.165) is 24.3 Å². The second-order valence-electron chi connectivity index (χ2n) is 6.96. The number of phenolic OH excluding ortho intramolecular Hbond substituents is 4. The molecule has 31 heavy (non-hydrogen) atoms. The highest BCUT2D eigenvalue weighted by molar-refractivity contribution is 5.88. The summed E-state index contributed by atoms with van der Waals surface area (Å²) >= 11 is 0. The summed E-state index contributed by atoms with van der Waals surface area (Å²) in [4.78, 5) is 13.1. The topological polar surface area (TPSA) is 190 Å². The van der Waals surface area contributed by atoms with Gasteiger partial charge in [-0.2, -0.15) is 0 Å². The summed E-state index contributed by atoms with van der Waals surface area (Å²) in [5.74, 6) is -2.78. The zero-order valence-electron chi connectivity index (χ0n) is 15.7. The molecule has 1 aliphatic rings. The van der Waals surface area contributed by atoms with Crippen LogP contribution in [0.15, 0.2) is 39.5 Å². The summed E-state index contributed by atoms with van der Waals surface area (Å²) in [6.45, 7) is -0.622. The Balaban J connectivity index is 1.92. The van der Waals surface area contributed by atoms with Gasteiger partial charge in [0.15, 0.2) is 17.3 Å². The van der Waals surface area contributed by atoms with E-state index in [1.54, 1.807) is 0 Å². The molecule has 7 N–H and O–H groups in total. The Morgan fingerprint density at radius 1 is 0.935 bits per heavy atom. The van der Waals surface area contributed by atoms with Crippen LogP contribution in [0.3, 0.4) is 0 Å². The molecule has 0 aliphatic carbocycles. The van der Waals surface area contributed by atoms with Gasteiger partial charge in [-0.25, -0.2) is 0 Å². The third kappa shape index (κ3) is 3.49. The Bertz CT molecular complexity index is 1200. The maximum absolute atomic E-state index is 13.1. The van der Waals surface area contributed by atoms with Crippen molar-refractivity contribution in [3.05, 3.63) is 40.6 Å². The maximum Gasteiger partial charge on any atom is 0.239 e. The third-order valence-electron chi connectivity index (χ3n) is 4.89. The lowest BCUT2D eigenvalue weighted by Crippen LogP contribution is -2.36. The van der Waals surface area contributed by atoms with Gasteiger partial charge in [-0.05, 0) is 18.2 Å². The number of phenols is 4. The number of ether oxygens (including phenoxy) is 2. The number of fused-ring (bicyclic) bond motifs is 1. The third-order valence-corrected chi connectivity index (χ3v) is 4.89. The van der Waals surface area contributed by atoms with Crippen LogP contribution in [0.1, 0.15) is 0 Å². The lowest BCUT2D eigenvalue weighted by atomic mass is 10.1. The monoisotopic (exact) mass is 434 g/mol. The van der Waals surface area contributed by atoms with Crippen LogP contribution in [0, 0.1) is 0 Å². The molecule has 0 amide bonds. The van der Waals surface area contributed by atoms with Crippen molar-refractivity contribution in [1.29, 1.82) is 0 Å². The minimum Gasteiger partial charge on any atom is -0.508 e. The van der Waals surface area contributed by atoms with E-state index in [1.165, 1.54) is 6.07 Å². The van der Waals surface area contributed by atoms with Crippen molar-refractivity contribution in [2.24, 2.45) is 0 Å². The first kappa shape index (κ1) is 20.8.